The van der Waals surface area contributed by atoms with Crippen LogP contribution in [-0.2, 0) is 16.1 Å². The average Bonchev–Trinajstić information content (AvgIpc) is 2.89. The summed E-state index contributed by atoms with van der Waals surface area (Å²) in [6.07, 6.45) is 4.51. The van der Waals surface area contributed by atoms with Crippen LogP contribution in [0.2, 0.25) is 0 Å². The number of nitrogens with zero attached hydrogens (tertiary/aromatic N) is 4. The molecule has 2 aromatic heterocycles. The Bertz CT molecular complexity index is 777. The summed E-state index contributed by atoms with van der Waals surface area (Å²) in [5, 5.41) is 8.00. The van der Waals surface area contributed by atoms with Crippen molar-refractivity contribution in [3.8, 4) is 0 Å². The number of amides is 2. The summed E-state index contributed by atoms with van der Waals surface area (Å²) in [5.41, 5.74) is 3.14. The number of imidazole rings is 1. The predicted octanol–water partition coefficient (Wildman–Crippen LogP) is 0.867. The Balaban J connectivity index is 1.67. The third kappa shape index (κ3) is 2.83. The van der Waals surface area contributed by atoms with Crippen molar-refractivity contribution in [3.63, 3.8) is 0 Å². The van der Waals surface area contributed by atoms with E-state index in [9.17, 15) is 9.59 Å². The van der Waals surface area contributed by atoms with Gasteiger partial charge in [-0.2, -0.15) is 5.10 Å². The lowest BCUT2D eigenvalue weighted by Crippen LogP contribution is -2.37. The summed E-state index contributed by atoms with van der Waals surface area (Å²) in [6, 6.07) is 3.98. The van der Waals surface area contributed by atoms with Gasteiger partial charge in [-0.05, 0) is 24.6 Å². The minimum Gasteiger partial charge on any atom is -0.345 e. The Morgan fingerprint density at radius 3 is 3.00 bits per heavy atom. The molecule has 7 nitrogen and oxygen atoms in total. The third-order valence-electron chi connectivity index (χ3n) is 3.57. The number of nitrogens with one attached hydrogen (secondary N) is 1. The maximum absolute atomic E-state index is 12.1. The summed E-state index contributed by atoms with van der Waals surface area (Å²) in [7, 11) is 1.55. The SMILES string of the molecule is Cc1ccn2cc(CNC(=O)C3=NN(C)C(=O)CC3)nc2c1. The van der Waals surface area contributed by atoms with E-state index >= 15 is 0 Å². The first-order valence-electron chi connectivity index (χ1n) is 7.09. The second kappa shape index (κ2) is 5.59. The van der Waals surface area contributed by atoms with E-state index in [1.54, 1.807) is 7.05 Å². The molecule has 0 unspecified atom stereocenters. The Kier molecular flexibility index (Phi) is 3.62. The molecule has 0 fully saturated rings. The Hall–Kier alpha value is -2.70. The first-order chi connectivity index (χ1) is 10.5. The van der Waals surface area contributed by atoms with E-state index in [1.807, 2.05) is 35.9 Å². The first-order valence-corrected chi connectivity index (χ1v) is 7.09. The van der Waals surface area contributed by atoms with Crippen LogP contribution in [0.3, 0.4) is 0 Å². The molecule has 0 radical (unpaired) electrons. The topological polar surface area (TPSA) is 79.1 Å². The average molecular weight is 299 g/mol. The van der Waals surface area contributed by atoms with E-state index in [2.05, 4.69) is 15.4 Å². The van der Waals surface area contributed by atoms with Gasteiger partial charge in [-0.3, -0.25) is 9.59 Å². The molecule has 3 rings (SSSR count). The van der Waals surface area contributed by atoms with E-state index in [-0.39, 0.29) is 11.8 Å². The minimum atomic E-state index is -0.257. The van der Waals surface area contributed by atoms with Gasteiger partial charge in [0.05, 0.1) is 12.2 Å². The van der Waals surface area contributed by atoms with Crippen LogP contribution < -0.4 is 5.32 Å². The van der Waals surface area contributed by atoms with Crippen molar-refractivity contribution in [2.45, 2.75) is 26.3 Å². The van der Waals surface area contributed by atoms with Crippen molar-refractivity contribution >= 4 is 23.2 Å². The first kappa shape index (κ1) is 14.2. The zero-order valence-electron chi connectivity index (χ0n) is 12.5. The fraction of sp³-hybridized carbons (Fsp3) is 0.333. The van der Waals surface area contributed by atoms with Crippen molar-refractivity contribution in [2.24, 2.45) is 5.10 Å². The molecule has 7 heteroatoms. The van der Waals surface area contributed by atoms with E-state index in [0.29, 0.717) is 25.1 Å². The van der Waals surface area contributed by atoms with Crippen molar-refractivity contribution in [2.75, 3.05) is 7.05 Å². The highest BCUT2D eigenvalue weighted by Gasteiger charge is 2.21. The lowest BCUT2D eigenvalue weighted by Gasteiger charge is -2.18. The zero-order chi connectivity index (χ0) is 15.7. The van der Waals surface area contributed by atoms with Gasteiger partial charge in [-0.15, -0.1) is 0 Å². The second-order valence-electron chi connectivity index (χ2n) is 5.35. The third-order valence-corrected chi connectivity index (χ3v) is 3.57. The van der Waals surface area contributed by atoms with E-state index in [4.69, 9.17) is 0 Å². The molecule has 0 saturated carbocycles. The number of hydrazone groups is 1. The van der Waals surface area contributed by atoms with Gasteiger partial charge in [0.1, 0.15) is 11.4 Å². The number of fused-ring (bicyclic) bond motifs is 1. The molecular formula is C15H17N5O2. The maximum Gasteiger partial charge on any atom is 0.267 e. The molecule has 1 N–H and O–H groups in total. The smallest absolute Gasteiger partial charge is 0.267 e. The summed E-state index contributed by atoms with van der Waals surface area (Å²) >= 11 is 0. The number of rotatable bonds is 3. The zero-order valence-corrected chi connectivity index (χ0v) is 12.5. The normalized spacial score (nSPS) is 15.1. The van der Waals surface area contributed by atoms with Gasteiger partial charge >= 0.3 is 0 Å². The van der Waals surface area contributed by atoms with Gasteiger partial charge < -0.3 is 9.72 Å². The summed E-state index contributed by atoms with van der Waals surface area (Å²) in [6.45, 7) is 2.34. The number of aromatic nitrogens is 2. The minimum absolute atomic E-state index is 0.0766. The van der Waals surface area contributed by atoms with Gasteiger partial charge in [-0.1, -0.05) is 0 Å². The molecule has 0 saturated heterocycles. The lowest BCUT2D eigenvalue weighted by atomic mass is 10.1. The fourth-order valence-corrected chi connectivity index (χ4v) is 2.33. The highest BCUT2D eigenvalue weighted by molar-refractivity contribution is 6.39. The Morgan fingerprint density at radius 1 is 1.41 bits per heavy atom. The second-order valence-corrected chi connectivity index (χ2v) is 5.35. The molecule has 0 spiro atoms. The fourth-order valence-electron chi connectivity index (χ4n) is 2.33. The monoisotopic (exact) mass is 299 g/mol. The van der Waals surface area contributed by atoms with Crippen LogP contribution >= 0.6 is 0 Å². The van der Waals surface area contributed by atoms with Crippen LogP contribution in [0, 0.1) is 6.92 Å². The summed E-state index contributed by atoms with van der Waals surface area (Å²) in [4.78, 5) is 27.9. The molecule has 0 aliphatic carbocycles. The van der Waals surface area contributed by atoms with Crippen LogP contribution in [0.1, 0.15) is 24.1 Å². The molecule has 0 atom stereocenters. The van der Waals surface area contributed by atoms with Crippen molar-refractivity contribution in [3.05, 3.63) is 35.8 Å². The number of aryl methyl sites for hydroxylation is 1. The predicted molar refractivity (Wildman–Crippen MR) is 81.2 cm³/mol. The van der Waals surface area contributed by atoms with Crippen molar-refractivity contribution in [1.82, 2.24) is 19.7 Å². The summed E-state index contributed by atoms with van der Waals surface area (Å²) < 4.78 is 1.92. The number of carbonyl (C=O) groups is 2. The number of pyridine rings is 1. The molecule has 22 heavy (non-hydrogen) atoms. The van der Waals surface area contributed by atoms with E-state index in [1.165, 1.54) is 5.01 Å². The van der Waals surface area contributed by atoms with Gasteiger partial charge in [0.25, 0.3) is 5.91 Å². The number of carbonyl (C=O) groups excluding carboxylic acids is 2. The van der Waals surface area contributed by atoms with Crippen LogP contribution in [-0.4, -0.2) is 39.0 Å². The Morgan fingerprint density at radius 2 is 2.23 bits per heavy atom. The van der Waals surface area contributed by atoms with Gasteiger partial charge in [0, 0.05) is 32.3 Å². The molecule has 2 aromatic rings. The maximum atomic E-state index is 12.1. The van der Waals surface area contributed by atoms with Crippen molar-refractivity contribution in [1.29, 1.82) is 0 Å². The van der Waals surface area contributed by atoms with Gasteiger partial charge in [0.15, 0.2) is 0 Å². The number of hydrogen-bond acceptors (Lipinski definition) is 4. The van der Waals surface area contributed by atoms with Crippen LogP contribution in [0.5, 0.6) is 0 Å². The Labute approximate surface area is 127 Å². The molecule has 3 heterocycles. The molecule has 0 bridgehead atoms. The van der Waals surface area contributed by atoms with E-state index in [0.717, 1.165) is 16.9 Å². The molecule has 0 aromatic carbocycles. The molecular weight excluding hydrogens is 282 g/mol. The summed E-state index contributed by atoms with van der Waals surface area (Å²) in [5.74, 6) is -0.333. The largest absolute Gasteiger partial charge is 0.345 e. The van der Waals surface area contributed by atoms with Gasteiger partial charge in [-0.25, -0.2) is 9.99 Å². The van der Waals surface area contributed by atoms with Crippen LogP contribution in [0.4, 0.5) is 0 Å². The van der Waals surface area contributed by atoms with E-state index < -0.39 is 0 Å². The lowest BCUT2D eigenvalue weighted by molar-refractivity contribution is -0.130. The van der Waals surface area contributed by atoms with Crippen molar-refractivity contribution < 1.29 is 9.59 Å². The molecule has 114 valence electrons. The van der Waals surface area contributed by atoms with Crippen LogP contribution in [0.25, 0.3) is 5.65 Å². The molecule has 2 amide bonds. The highest BCUT2D eigenvalue weighted by Crippen LogP contribution is 2.09. The molecule has 1 aliphatic rings. The van der Waals surface area contributed by atoms with Gasteiger partial charge in [0.2, 0.25) is 5.91 Å². The quantitative estimate of drug-likeness (QED) is 0.913. The molecule has 1 aliphatic heterocycles. The standard InChI is InChI=1S/C15H17N5O2/c1-10-5-6-20-9-11(17-13(20)7-10)8-16-15(22)12-3-4-14(21)19(2)18-12/h5-7,9H,3-4,8H2,1-2H3,(H,16,22). The van der Waals surface area contributed by atoms with Crippen LogP contribution in [0.15, 0.2) is 29.6 Å². The number of hydrogen-bond donors (Lipinski definition) is 1. The highest BCUT2D eigenvalue weighted by atomic mass is 16.2.